The minimum Gasteiger partial charge on any atom is -0.465 e. The van der Waals surface area contributed by atoms with Gasteiger partial charge in [0.25, 0.3) is 5.91 Å². The molecule has 5 heteroatoms. The molecule has 1 aromatic heterocycles. The first-order valence-corrected chi connectivity index (χ1v) is 10.1. The van der Waals surface area contributed by atoms with Gasteiger partial charge in [0, 0.05) is 36.9 Å². The predicted molar refractivity (Wildman–Crippen MR) is 118 cm³/mol. The lowest BCUT2D eigenvalue weighted by molar-refractivity contribution is -0.125. The van der Waals surface area contributed by atoms with Crippen LogP contribution < -0.4 is 4.90 Å². The summed E-state index contributed by atoms with van der Waals surface area (Å²) < 4.78 is 5.45. The van der Waals surface area contributed by atoms with Gasteiger partial charge in [-0.2, -0.15) is 0 Å². The molecule has 4 rings (SSSR count). The molecule has 0 spiro atoms. The number of hydrogen-bond acceptors (Lipinski definition) is 3. The standard InChI is InChI=1S/C24H23ClN2O2/c1-18-9-10-20(25)16-23(18)26-11-13-27(14-12-26)24(28)22(17-21-8-5-15-29-21)19-6-3-2-4-7-19/h2-10,15-17H,11-14H2,1H3/b22-17+. The minimum absolute atomic E-state index is 0.0232. The smallest absolute Gasteiger partial charge is 0.254 e. The van der Waals surface area contributed by atoms with E-state index < -0.39 is 0 Å². The number of nitrogens with zero attached hydrogens (tertiary/aromatic N) is 2. The molecule has 2 heterocycles. The summed E-state index contributed by atoms with van der Waals surface area (Å²) in [6, 6.07) is 19.4. The number of piperazine rings is 1. The Morgan fingerprint density at radius 1 is 1.00 bits per heavy atom. The monoisotopic (exact) mass is 406 g/mol. The molecular formula is C24H23ClN2O2. The van der Waals surface area contributed by atoms with E-state index in [0.29, 0.717) is 24.4 Å². The number of anilines is 1. The van der Waals surface area contributed by atoms with Crippen molar-refractivity contribution in [3.8, 4) is 0 Å². The van der Waals surface area contributed by atoms with Crippen molar-refractivity contribution in [2.24, 2.45) is 0 Å². The summed E-state index contributed by atoms with van der Waals surface area (Å²) in [7, 11) is 0. The summed E-state index contributed by atoms with van der Waals surface area (Å²) in [5.41, 5.74) is 3.87. The van der Waals surface area contributed by atoms with Crippen LogP contribution in [0.2, 0.25) is 5.02 Å². The second-order valence-electron chi connectivity index (χ2n) is 7.15. The Balaban J connectivity index is 1.53. The quantitative estimate of drug-likeness (QED) is 0.563. The Morgan fingerprint density at radius 2 is 1.76 bits per heavy atom. The molecule has 0 bridgehead atoms. The Morgan fingerprint density at radius 3 is 2.45 bits per heavy atom. The molecule has 0 radical (unpaired) electrons. The van der Waals surface area contributed by atoms with Gasteiger partial charge in [-0.1, -0.05) is 48.0 Å². The minimum atomic E-state index is 0.0232. The van der Waals surface area contributed by atoms with E-state index in [4.69, 9.17) is 16.0 Å². The summed E-state index contributed by atoms with van der Waals surface area (Å²) in [5, 5.41) is 0.733. The molecule has 2 aromatic carbocycles. The molecule has 3 aromatic rings. The highest BCUT2D eigenvalue weighted by Crippen LogP contribution is 2.27. The fraction of sp³-hybridized carbons (Fsp3) is 0.208. The molecule has 1 aliphatic rings. The fourth-order valence-corrected chi connectivity index (χ4v) is 3.81. The molecule has 0 N–H and O–H groups in total. The molecular weight excluding hydrogens is 384 g/mol. The highest BCUT2D eigenvalue weighted by atomic mass is 35.5. The van der Waals surface area contributed by atoms with Crippen LogP contribution in [0.1, 0.15) is 16.9 Å². The lowest BCUT2D eigenvalue weighted by atomic mass is 10.0. The number of amides is 1. The van der Waals surface area contributed by atoms with Gasteiger partial charge in [0.2, 0.25) is 0 Å². The van der Waals surface area contributed by atoms with Crippen LogP contribution in [0.3, 0.4) is 0 Å². The summed E-state index contributed by atoms with van der Waals surface area (Å²) in [5.74, 6) is 0.695. The van der Waals surface area contributed by atoms with Crippen molar-refractivity contribution in [1.29, 1.82) is 0 Å². The predicted octanol–water partition coefficient (Wildman–Crippen LogP) is 5.13. The number of aryl methyl sites for hydroxylation is 1. The van der Waals surface area contributed by atoms with Gasteiger partial charge in [-0.15, -0.1) is 0 Å². The first-order chi connectivity index (χ1) is 14.1. The largest absolute Gasteiger partial charge is 0.465 e. The summed E-state index contributed by atoms with van der Waals surface area (Å²) in [6.45, 7) is 4.95. The summed E-state index contributed by atoms with van der Waals surface area (Å²) in [6.07, 6.45) is 3.44. The zero-order chi connectivity index (χ0) is 20.2. The van der Waals surface area contributed by atoms with Crippen LogP contribution >= 0.6 is 11.6 Å². The van der Waals surface area contributed by atoms with Gasteiger partial charge in [0.05, 0.1) is 11.8 Å². The second-order valence-corrected chi connectivity index (χ2v) is 7.59. The Labute approximate surface area is 176 Å². The van der Waals surface area contributed by atoms with Gasteiger partial charge in [0.15, 0.2) is 0 Å². The van der Waals surface area contributed by atoms with Crippen molar-refractivity contribution >= 4 is 34.8 Å². The maximum absolute atomic E-state index is 13.4. The Kier molecular flexibility index (Phi) is 5.72. The van der Waals surface area contributed by atoms with Crippen molar-refractivity contribution in [2.45, 2.75) is 6.92 Å². The van der Waals surface area contributed by atoms with Gasteiger partial charge >= 0.3 is 0 Å². The molecule has 148 valence electrons. The first kappa shape index (κ1) is 19.3. The number of carbonyl (C=O) groups excluding carboxylic acids is 1. The molecule has 0 saturated carbocycles. The van der Waals surface area contributed by atoms with Crippen molar-refractivity contribution < 1.29 is 9.21 Å². The van der Waals surface area contributed by atoms with Gasteiger partial charge in [-0.05, 0) is 48.4 Å². The first-order valence-electron chi connectivity index (χ1n) is 9.73. The Hall–Kier alpha value is -2.98. The van der Waals surface area contributed by atoms with E-state index in [1.54, 1.807) is 6.26 Å². The van der Waals surface area contributed by atoms with Gasteiger partial charge < -0.3 is 14.2 Å². The van der Waals surface area contributed by atoms with Gasteiger partial charge in [-0.25, -0.2) is 0 Å². The van der Waals surface area contributed by atoms with Crippen molar-refractivity contribution in [3.05, 3.63) is 88.8 Å². The van der Waals surface area contributed by atoms with Crippen LogP contribution in [0.5, 0.6) is 0 Å². The van der Waals surface area contributed by atoms with Crippen LogP contribution in [0.25, 0.3) is 11.6 Å². The third-order valence-corrected chi connectivity index (χ3v) is 5.46. The molecule has 1 fully saturated rings. The van der Waals surface area contributed by atoms with E-state index in [9.17, 15) is 4.79 Å². The van der Waals surface area contributed by atoms with E-state index in [-0.39, 0.29) is 5.91 Å². The van der Waals surface area contributed by atoms with Gasteiger partial charge in [0.1, 0.15) is 5.76 Å². The fourth-order valence-electron chi connectivity index (χ4n) is 3.65. The van der Waals surface area contributed by atoms with Crippen LogP contribution in [0.4, 0.5) is 5.69 Å². The summed E-state index contributed by atoms with van der Waals surface area (Å²) in [4.78, 5) is 17.6. The number of halogens is 1. The third kappa shape index (κ3) is 4.38. The maximum Gasteiger partial charge on any atom is 0.254 e. The molecule has 0 aliphatic carbocycles. The van der Waals surface area contributed by atoms with Crippen molar-refractivity contribution in [1.82, 2.24) is 4.90 Å². The molecule has 0 unspecified atom stereocenters. The second kappa shape index (κ2) is 8.58. The van der Waals surface area contributed by atoms with E-state index in [1.165, 1.54) is 5.56 Å². The van der Waals surface area contributed by atoms with Gasteiger partial charge in [-0.3, -0.25) is 4.79 Å². The van der Waals surface area contributed by atoms with E-state index >= 15 is 0 Å². The normalized spacial score (nSPS) is 14.9. The average molecular weight is 407 g/mol. The number of rotatable bonds is 4. The molecule has 1 saturated heterocycles. The highest BCUT2D eigenvalue weighted by molar-refractivity contribution is 6.30. The highest BCUT2D eigenvalue weighted by Gasteiger charge is 2.25. The zero-order valence-corrected chi connectivity index (χ0v) is 17.1. The Bertz CT molecular complexity index is 1000. The van der Waals surface area contributed by atoms with Crippen molar-refractivity contribution in [3.63, 3.8) is 0 Å². The van der Waals surface area contributed by atoms with Crippen molar-refractivity contribution in [2.75, 3.05) is 31.1 Å². The SMILES string of the molecule is Cc1ccc(Cl)cc1N1CCN(C(=O)/C(=C/c2ccco2)c2ccccc2)CC1. The summed E-state index contributed by atoms with van der Waals surface area (Å²) >= 11 is 6.18. The molecule has 1 amide bonds. The lowest BCUT2D eigenvalue weighted by Crippen LogP contribution is -2.49. The van der Waals surface area contributed by atoms with E-state index in [1.807, 2.05) is 71.6 Å². The average Bonchev–Trinajstić information content (AvgIpc) is 3.27. The van der Waals surface area contributed by atoms with E-state index in [0.717, 1.165) is 29.4 Å². The van der Waals surface area contributed by atoms with Crippen LogP contribution in [-0.2, 0) is 4.79 Å². The number of furan rings is 1. The molecule has 0 atom stereocenters. The third-order valence-electron chi connectivity index (χ3n) is 5.22. The number of hydrogen-bond donors (Lipinski definition) is 0. The van der Waals surface area contributed by atoms with Crippen LogP contribution in [-0.4, -0.2) is 37.0 Å². The lowest BCUT2D eigenvalue weighted by Gasteiger charge is -2.37. The molecule has 4 nitrogen and oxygen atoms in total. The molecule has 29 heavy (non-hydrogen) atoms. The maximum atomic E-state index is 13.4. The zero-order valence-electron chi connectivity index (χ0n) is 16.3. The van der Waals surface area contributed by atoms with Crippen LogP contribution in [0.15, 0.2) is 71.3 Å². The number of carbonyl (C=O) groups is 1. The topological polar surface area (TPSA) is 36.7 Å². The molecule has 1 aliphatic heterocycles. The van der Waals surface area contributed by atoms with Crippen LogP contribution in [0, 0.1) is 6.92 Å². The number of benzene rings is 2. The van der Waals surface area contributed by atoms with E-state index in [2.05, 4.69) is 11.8 Å².